The average Bonchev–Trinajstić information content (AvgIpc) is 2.76. The molecule has 0 saturated heterocycles. The standard InChI is InChI=1S/C13H15ClF3NO2/c14-11-9(5-6-20-11)12(19)18-10-4-2-1-3-8(10)7-13(15,16)17/h5-6,8,10H,1-4,7H2,(H,18,19)/t8-,10-/m0/s1. The van der Waals surface area contributed by atoms with Gasteiger partial charge >= 0.3 is 6.18 Å². The van der Waals surface area contributed by atoms with Gasteiger partial charge in [-0.05, 0) is 36.4 Å². The molecule has 1 N–H and O–H groups in total. The number of amides is 1. The fourth-order valence-corrected chi connectivity index (χ4v) is 2.84. The number of carbonyl (C=O) groups excluding carboxylic acids is 1. The van der Waals surface area contributed by atoms with Crippen LogP contribution in [0.1, 0.15) is 42.5 Å². The number of carbonyl (C=O) groups is 1. The molecule has 2 rings (SSSR count). The van der Waals surface area contributed by atoms with E-state index < -0.39 is 30.5 Å². The highest BCUT2D eigenvalue weighted by Crippen LogP contribution is 2.34. The molecule has 0 unspecified atom stereocenters. The first kappa shape index (κ1) is 15.2. The van der Waals surface area contributed by atoms with Gasteiger partial charge < -0.3 is 9.73 Å². The molecular formula is C13H15ClF3NO2. The van der Waals surface area contributed by atoms with Crippen LogP contribution in [0, 0.1) is 5.92 Å². The Labute approximate surface area is 119 Å². The summed E-state index contributed by atoms with van der Waals surface area (Å²) in [5, 5.41) is 2.60. The van der Waals surface area contributed by atoms with Crippen molar-refractivity contribution in [2.75, 3.05) is 0 Å². The van der Waals surface area contributed by atoms with E-state index in [-0.39, 0.29) is 10.8 Å². The maximum absolute atomic E-state index is 12.5. The lowest BCUT2D eigenvalue weighted by atomic mass is 9.82. The number of hydrogen-bond donors (Lipinski definition) is 1. The summed E-state index contributed by atoms with van der Waals surface area (Å²) in [4.78, 5) is 12.0. The third kappa shape index (κ3) is 3.91. The molecule has 1 heterocycles. The van der Waals surface area contributed by atoms with Crippen molar-refractivity contribution in [1.82, 2.24) is 5.32 Å². The summed E-state index contributed by atoms with van der Waals surface area (Å²) in [6.07, 6.45) is -1.19. The lowest BCUT2D eigenvalue weighted by Gasteiger charge is -2.32. The summed E-state index contributed by atoms with van der Waals surface area (Å²) in [6.45, 7) is 0. The Morgan fingerprint density at radius 3 is 2.70 bits per heavy atom. The molecule has 1 fully saturated rings. The second-order valence-electron chi connectivity index (χ2n) is 5.05. The third-order valence-corrected chi connectivity index (χ3v) is 3.87. The van der Waals surface area contributed by atoms with Crippen molar-refractivity contribution in [3.8, 4) is 0 Å². The van der Waals surface area contributed by atoms with E-state index in [1.54, 1.807) is 0 Å². The van der Waals surface area contributed by atoms with E-state index in [4.69, 9.17) is 16.0 Å². The summed E-state index contributed by atoms with van der Waals surface area (Å²) in [6, 6.07) is 0.933. The molecule has 1 amide bonds. The second kappa shape index (κ2) is 6.08. The number of hydrogen-bond acceptors (Lipinski definition) is 2. The van der Waals surface area contributed by atoms with Crippen molar-refractivity contribution in [2.24, 2.45) is 5.92 Å². The maximum Gasteiger partial charge on any atom is 0.389 e. The van der Waals surface area contributed by atoms with Crippen LogP contribution in [0.2, 0.25) is 5.22 Å². The van der Waals surface area contributed by atoms with Gasteiger partial charge in [-0.1, -0.05) is 12.8 Å². The summed E-state index contributed by atoms with van der Waals surface area (Å²) >= 11 is 5.69. The normalized spacial score (nSPS) is 23.6. The van der Waals surface area contributed by atoms with Crippen LogP contribution in [0.15, 0.2) is 16.7 Å². The Morgan fingerprint density at radius 2 is 2.10 bits per heavy atom. The zero-order valence-electron chi connectivity index (χ0n) is 10.7. The molecule has 0 aromatic carbocycles. The summed E-state index contributed by atoms with van der Waals surface area (Å²) in [5.74, 6) is -1.05. The SMILES string of the molecule is O=C(N[C@H]1CCCC[C@H]1CC(F)(F)F)c1ccoc1Cl. The molecule has 1 aromatic heterocycles. The van der Waals surface area contributed by atoms with Gasteiger partial charge in [-0.15, -0.1) is 0 Å². The van der Waals surface area contributed by atoms with E-state index in [9.17, 15) is 18.0 Å². The van der Waals surface area contributed by atoms with Crippen LogP contribution >= 0.6 is 11.6 Å². The topological polar surface area (TPSA) is 42.2 Å². The van der Waals surface area contributed by atoms with E-state index in [2.05, 4.69) is 5.32 Å². The highest BCUT2D eigenvalue weighted by atomic mass is 35.5. The van der Waals surface area contributed by atoms with Crippen molar-refractivity contribution in [3.05, 3.63) is 23.1 Å². The Morgan fingerprint density at radius 1 is 1.40 bits per heavy atom. The van der Waals surface area contributed by atoms with Crippen molar-refractivity contribution in [2.45, 2.75) is 44.3 Å². The van der Waals surface area contributed by atoms with Crippen LogP contribution < -0.4 is 5.32 Å². The molecule has 112 valence electrons. The van der Waals surface area contributed by atoms with Gasteiger partial charge in [0.25, 0.3) is 5.91 Å². The van der Waals surface area contributed by atoms with Crippen LogP contribution in [0.3, 0.4) is 0 Å². The molecule has 1 saturated carbocycles. The average molecular weight is 310 g/mol. The largest absolute Gasteiger partial charge is 0.452 e. The van der Waals surface area contributed by atoms with Crippen LogP contribution in [0.4, 0.5) is 13.2 Å². The van der Waals surface area contributed by atoms with E-state index in [1.807, 2.05) is 0 Å². The minimum Gasteiger partial charge on any atom is -0.452 e. The van der Waals surface area contributed by atoms with Crippen LogP contribution in [0.5, 0.6) is 0 Å². The summed E-state index contributed by atoms with van der Waals surface area (Å²) in [5.41, 5.74) is 0.156. The van der Waals surface area contributed by atoms with Crippen LogP contribution in [-0.4, -0.2) is 18.1 Å². The van der Waals surface area contributed by atoms with E-state index in [0.29, 0.717) is 12.8 Å². The highest BCUT2D eigenvalue weighted by Gasteiger charge is 2.37. The molecule has 0 radical (unpaired) electrons. The number of rotatable bonds is 3. The number of alkyl halides is 3. The second-order valence-corrected chi connectivity index (χ2v) is 5.40. The van der Waals surface area contributed by atoms with Gasteiger partial charge in [0.05, 0.1) is 11.8 Å². The molecule has 0 aliphatic heterocycles. The minimum absolute atomic E-state index is 0.0503. The van der Waals surface area contributed by atoms with Crippen molar-refractivity contribution >= 4 is 17.5 Å². The van der Waals surface area contributed by atoms with E-state index >= 15 is 0 Å². The Bertz CT molecular complexity index is 472. The molecule has 20 heavy (non-hydrogen) atoms. The molecule has 7 heteroatoms. The van der Waals surface area contributed by atoms with Gasteiger partial charge in [0, 0.05) is 12.5 Å². The molecule has 1 aliphatic carbocycles. The molecule has 2 atom stereocenters. The Kier molecular flexibility index (Phi) is 4.62. The molecule has 1 aromatic rings. The molecule has 3 nitrogen and oxygen atoms in total. The predicted octanol–water partition coefficient (Wildman–Crippen LogP) is 4.17. The summed E-state index contributed by atoms with van der Waals surface area (Å²) < 4.78 is 42.4. The molecule has 1 aliphatic rings. The number of halogens is 4. The van der Waals surface area contributed by atoms with Crippen LogP contribution in [0.25, 0.3) is 0 Å². The van der Waals surface area contributed by atoms with Gasteiger partial charge in [0.1, 0.15) is 0 Å². The van der Waals surface area contributed by atoms with E-state index in [0.717, 1.165) is 12.8 Å². The van der Waals surface area contributed by atoms with Crippen molar-refractivity contribution in [3.63, 3.8) is 0 Å². The minimum atomic E-state index is -4.21. The quantitative estimate of drug-likeness (QED) is 0.910. The Hall–Kier alpha value is -1.17. The third-order valence-electron chi connectivity index (χ3n) is 3.58. The van der Waals surface area contributed by atoms with Crippen molar-refractivity contribution < 1.29 is 22.4 Å². The van der Waals surface area contributed by atoms with Gasteiger partial charge in [-0.25, -0.2) is 0 Å². The van der Waals surface area contributed by atoms with Gasteiger partial charge in [0.15, 0.2) is 0 Å². The highest BCUT2D eigenvalue weighted by molar-refractivity contribution is 6.32. The first-order valence-corrected chi connectivity index (χ1v) is 6.85. The number of furan rings is 1. The predicted molar refractivity (Wildman–Crippen MR) is 67.6 cm³/mol. The molecular weight excluding hydrogens is 295 g/mol. The monoisotopic (exact) mass is 309 g/mol. The fourth-order valence-electron chi connectivity index (χ4n) is 2.64. The van der Waals surface area contributed by atoms with Gasteiger partial charge in [-0.2, -0.15) is 13.2 Å². The molecule has 0 spiro atoms. The van der Waals surface area contributed by atoms with Crippen molar-refractivity contribution in [1.29, 1.82) is 0 Å². The Balaban J connectivity index is 2.02. The van der Waals surface area contributed by atoms with Gasteiger partial charge in [-0.3, -0.25) is 4.79 Å². The first-order chi connectivity index (χ1) is 9.37. The zero-order valence-corrected chi connectivity index (χ0v) is 11.4. The lowest BCUT2D eigenvalue weighted by molar-refractivity contribution is -0.148. The lowest BCUT2D eigenvalue weighted by Crippen LogP contribution is -2.43. The smallest absolute Gasteiger partial charge is 0.389 e. The zero-order chi connectivity index (χ0) is 14.8. The fraction of sp³-hybridized carbons (Fsp3) is 0.615. The van der Waals surface area contributed by atoms with E-state index in [1.165, 1.54) is 12.3 Å². The van der Waals surface area contributed by atoms with Gasteiger partial charge in [0.2, 0.25) is 5.22 Å². The maximum atomic E-state index is 12.5. The van der Waals surface area contributed by atoms with Crippen LogP contribution in [-0.2, 0) is 0 Å². The molecule has 0 bridgehead atoms. The first-order valence-electron chi connectivity index (χ1n) is 6.47. The summed E-state index contributed by atoms with van der Waals surface area (Å²) in [7, 11) is 0. The number of nitrogens with one attached hydrogen (secondary N) is 1.